The lowest BCUT2D eigenvalue weighted by atomic mass is 10.1. The number of ether oxygens (including phenoxy) is 2. The Hall–Kier alpha value is -1.55. The molecule has 0 radical (unpaired) electrons. The molecule has 0 amide bonds. The zero-order chi connectivity index (χ0) is 14.1. The van der Waals surface area contributed by atoms with Crippen molar-refractivity contribution in [1.82, 2.24) is 0 Å². The average molecular weight is 285 g/mol. The summed E-state index contributed by atoms with van der Waals surface area (Å²) in [5.74, 6) is -0.575. The van der Waals surface area contributed by atoms with E-state index in [4.69, 9.17) is 21.1 Å². The maximum Gasteiger partial charge on any atom is 0.338 e. The van der Waals surface area contributed by atoms with Gasteiger partial charge < -0.3 is 9.47 Å². The van der Waals surface area contributed by atoms with Crippen molar-refractivity contribution in [1.29, 1.82) is 0 Å². The largest absolute Gasteiger partial charge is 0.462 e. The predicted octanol–water partition coefficient (Wildman–Crippen LogP) is 3.04. The van der Waals surface area contributed by atoms with Crippen molar-refractivity contribution < 1.29 is 19.1 Å². The molecule has 1 aromatic carbocycles. The third-order valence-electron chi connectivity index (χ3n) is 2.40. The summed E-state index contributed by atoms with van der Waals surface area (Å²) in [5.41, 5.74) is 0.806. The van der Waals surface area contributed by atoms with Crippen molar-refractivity contribution in [3.8, 4) is 0 Å². The van der Waals surface area contributed by atoms with Crippen molar-refractivity contribution in [3.05, 3.63) is 35.4 Å². The van der Waals surface area contributed by atoms with E-state index < -0.39 is 5.97 Å². The number of hydrogen-bond acceptors (Lipinski definition) is 4. The highest BCUT2D eigenvalue weighted by Crippen LogP contribution is 2.08. The Morgan fingerprint density at radius 3 is 1.89 bits per heavy atom. The lowest BCUT2D eigenvalue weighted by molar-refractivity contribution is 0.0493. The third kappa shape index (κ3) is 5.30. The van der Waals surface area contributed by atoms with Gasteiger partial charge in [-0.3, -0.25) is 0 Å². The van der Waals surface area contributed by atoms with Crippen LogP contribution in [0.2, 0.25) is 0 Å². The molecule has 5 heteroatoms. The Balaban J connectivity index is 2.55. The molecule has 0 unspecified atom stereocenters. The minimum atomic E-state index is -0.452. The molecule has 104 valence electrons. The van der Waals surface area contributed by atoms with Gasteiger partial charge >= 0.3 is 11.9 Å². The maximum absolute atomic E-state index is 11.6. The maximum atomic E-state index is 11.6. The summed E-state index contributed by atoms with van der Waals surface area (Å²) in [6, 6.07) is 6.16. The van der Waals surface area contributed by atoms with Crippen molar-refractivity contribution in [2.45, 2.75) is 19.8 Å². The Morgan fingerprint density at radius 2 is 1.47 bits per heavy atom. The molecule has 0 atom stereocenters. The fourth-order valence-corrected chi connectivity index (χ4v) is 1.43. The van der Waals surface area contributed by atoms with E-state index in [-0.39, 0.29) is 18.5 Å². The highest BCUT2D eigenvalue weighted by molar-refractivity contribution is 6.18. The van der Waals surface area contributed by atoms with E-state index in [1.165, 1.54) is 12.1 Å². The van der Waals surface area contributed by atoms with Crippen LogP contribution in [0.1, 0.15) is 40.5 Å². The van der Waals surface area contributed by atoms with Crippen LogP contribution in [0.3, 0.4) is 0 Å². The van der Waals surface area contributed by atoms with Gasteiger partial charge in [-0.25, -0.2) is 9.59 Å². The van der Waals surface area contributed by atoms with Crippen LogP contribution >= 0.6 is 11.6 Å². The molecule has 0 bridgehead atoms. The summed E-state index contributed by atoms with van der Waals surface area (Å²) in [6.07, 6.45) is 1.81. The number of esters is 2. The summed E-state index contributed by atoms with van der Waals surface area (Å²) in [5, 5.41) is 0. The molecule has 0 aliphatic heterocycles. The average Bonchev–Trinajstić information content (AvgIpc) is 2.45. The molecule has 1 rings (SSSR count). The first-order chi connectivity index (χ1) is 9.19. The zero-order valence-corrected chi connectivity index (χ0v) is 11.6. The van der Waals surface area contributed by atoms with Gasteiger partial charge in [0.15, 0.2) is 0 Å². The van der Waals surface area contributed by atoms with Gasteiger partial charge in [0.1, 0.15) is 6.61 Å². The SMILES string of the molecule is CCCCOC(=O)c1ccc(C(=O)OCCCl)cc1. The van der Waals surface area contributed by atoms with Crippen LogP contribution in [0.4, 0.5) is 0 Å². The van der Waals surface area contributed by atoms with Gasteiger partial charge in [-0.15, -0.1) is 11.6 Å². The molecule has 0 fully saturated rings. The van der Waals surface area contributed by atoms with Crippen LogP contribution in [0.15, 0.2) is 24.3 Å². The molecule has 19 heavy (non-hydrogen) atoms. The van der Waals surface area contributed by atoms with Crippen LogP contribution in [0.25, 0.3) is 0 Å². The molecule has 0 aromatic heterocycles. The van der Waals surface area contributed by atoms with Crippen molar-refractivity contribution >= 4 is 23.5 Å². The normalized spacial score (nSPS) is 10.0. The summed E-state index contributed by atoms with van der Waals surface area (Å²) in [6.45, 7) is 2.60. The first-order valence-corrected chi connectivity index (χ1v) is 6.72. The lowest BCUT2D eigenvalue weighted by Gasteiger charge is -2.05. The van der Waals surface area contributed by atoms with Crippen LogP contribution < -0.4 is 0 Å². The number of alkyl halides is 1. The second-order valence-electron chi connectivity index (χ2n) is 3.89. The zero-order valence-electron chi connectivity index (χ0n) is 10.9. The van der Waals surface area contributed by atoms with Crippen molar-refractivity contribution in [3.63, 3.8) is 0 Å². The molecule has 0 N–H and O–H groups in total. The molecule has 0 saturated heterocycles. The highest BCUT2D eigenvalue weighted by atomic mass is 35.5. The molecule has 0 aliphatic carbocycles. The van der Waals surface area contributed by atoms with E-state index >= 15 is 0 Å². The summed E-state index contributed by atoms with van der Waals surface area (Å²) in [4.78, 5) is 23.1. The van der Waals surface area contributed by atoms with Gasteiger partial charge in [0.05, 0.1) is 23.6 Å². The van der Waals surface area contributed by atoms with Crippen LogP contribution in [0, 0.1) is 0 Å². The Kier molecular flexibility index (Phi) is 6.97. The topological polar surface area (TPSA) is 52.6 Å². The molecule has 0 saturated carbocycles. The van der Waals surface area contributed by atoms with Gasteiger partial charge in [0.25, 0.3) is 0 Å². The molecular weight excluding hydrogens is 268 g/mol. The van der Waals surface area contributed by atoms with E-state index in [1.807, 2.05) is 6.92 Å². The van der Waals surface area contributed by atoms with Crippen molar-refractivity contribution in [2.75, 3.05) is 19.1 Å². The van der Waals surface area contributed by atoms with Crippen LogP contribution in [-0.2, 0) is 9.47 Å². The lowest BCUT2D eigenvalue weighted by Crippen LogP contribution is -2.09. The fourth-order valence-electron chi connectivity index (χ4n) is 1.35. The predicted molar refractivity (Wildman–Crippen MR) is 72.6 cm³/mol. The quantitative estimate of drug-likeness (QED) is 0.439. The molecule has 4 nitrogen and oxygen atoms in total. The molecule has 0 spiro atoms. The van der Waals surface area contributed by atoms with Crippen LogP contribution in [0.5, 0.6) is 0 Å². The van der Waals surface area contributed by atoms with Gasteiger partial charge in [-0.1, -0.05) is 13.3 Å². The smallest absolute Gasteiger partial charge is 0.338 e. The first kappa shape index (κ1) is 15.5. The number of halogens is 1. The van der Waals surface area contributed by atoms with E-state index in [0.717, 1.165) is 12.8 Å². The highest BCUT2D eigenvalue weighted by Gasteiger charge is 2.10. The first-order valence-electron chi connectivity index (χ1n) is 6.19. The minimum absolute atomic E-state index is 0.168. The van der Waals surface area contributed by atoms with Gasteiger partial charge in [0.2, 0.25) is 0 Å². The summed E-state index contributed by atoms with van der Waals surface area (Å²) in [7, 11) is 0. The van der Waals surface area contributed by atoms with Crippen molar-refractivity contribution in [2.24, 2.45) is 0 Å². The molecular formula is C14H17ClO4. The Bertz CT molecular complexity index is 414. The molecule has 0 heterocycles. The minimum Gasteiger partial charge on any atom is -0.462 e. The molecule has 1 aromatic rings. The van der Waals surface area contributed by atoms with E-state index in [2.05, 4.69) is 0 Å². The number of benzene rings is 1. The van der Waals surface area contributed by atoms with Gasteiger partial charge in [-0.2, -0.15) is 0 Å². The Labute approximate surface area is 117 Å². The number of carbonyl (C=O) groups excluding carboxylic acids is 2. The van der Waals surface area contributed by atoms with Gasteiger partial charge in [0, 0.05) is 0 Å². The summed E-state index contributed by atoms with van der Waals surface area (Å²) < 4.78 is 9.93. The molecule has 0 aliphatic rings. The number of unbranched alkanes of at least 4 members (excludes halogenated alkanes) is 1. The Morgan fingerprint density at radius 1 is 1.00 bits per heavy atom. The monoisotopic (exact) mass is 284 g/mol. The number of carbonyl (C=O) groups is 2. The van der Waals surface area contributed by atoms with E-state index in [0.29, 0.717) is 17.7 Å². The number of rotatable bonds is 7. The van der Waals surface area contributed by atoms with Crippen LogP contribution in [-0.4, -0.2) is 31.0 Å². The van der Waals surface area contributed by atoms with Gasteiger partial charge in [-0.05, 0) is 30.7 Å². The third-order valence-corrected chi connectivity index (χ3v) is 2.55. The standard InChI is InChI=1S/C14H17ClO4/c1-2-3-9-18-13(16)11-4-6-12(7-5-11)14(17)19-10-8-15/h4-7H,2-3,8-10H2,1H3. The second kappa shape index (κ2) is 8.53. The second-order valence-corrected chi connectivity index (χ2v) is 4.27. The summed E-state index contributed by atoms with van der Waals surface area (Å²) >= 11 is 5.42. The number of hydrogen-bond donors (Lipinski definition) is 0. The fraction of sp³-hybridized carbons (Fsp3) is 0.429. The van der Waals surface area contributed by atoms with E-state index in [1.54, 1.807) is 12.1 Å². The van der Waals surface area contributed by atoms with E-state index in [9.17, 15) is 9.59 Å².